The summed E-state index contributed by atoms with van der Waals surface area (Å²) in [6.07, 6.45) is 0.640. The summed E-state index contributed by atoms with van der Waals surface area (Å²) in [7, 11) is -3.41. The smallest absolute Gasteiger partial charge is 0.341 e. The van der Waals surface area contributed by atoms with Gasteiger partial charge >= 0.3 is 5.97 Å². The summed E-state index contributed by atoms with van der Waals surface area (Å²) < 4.78 is 29.0. The Bertz CT molecular complexity index is 1040. The van der Waals surface area contributed by atoms with Crippen LogP contribution in [0.1, 0.15) is 41.2 Å². The lowest BCUT2D eigenvalue weighted by Crippen LogP contribution is -2.17. The molecule has 9 heteroatoms. The second-order valence-corrected chi connectivity index (χ2v) is 8.96. The molecule has 0 aliphatic rings. The van der Waals surface area contributed by atoms with Crippen molar-refractivity contribution in [3.05, 3.63) is 56.9 Å². The second-order valence-electron chi connectivity index (χ2n) is 6.82. The maximum absolute atomic E-state index is 12.7. The quantitative estimate of drug-likeness (QED) is 0.410. The molecule has 0 radical (unpaired) electrons. The first-order valence-corrected chi connectivity index (χ1v) is 10.6. The molecule has 28 heavy (non-hydrogen) atoms. The lowest BCUT2D eigenvalue weighted by Gasteiger charge is -2.17. The second kappa shape index (κ2) is 8.05. The first-order chi connectivity index (χ1) is 12.9. The molecule has 1 aromatic heterocycles. The van der Waals surface area contributed by atoms with E-state index in [1.54, 1.807) is 45.0 Å². The third-order valence-electron chi connectivity index (χ3n) is 3.96. The summed E-state index contributed by atoms with van der Waals surface area (Å²) in [4.78, 5) is 28.1. The number of pyridine rings is 1. The highest BCUT2D eigenvalue weighted by Crippen LogP contribution is 2.39. The highest BCUT2D eigenvalue weighted by atomic mass is 32.2. The summed E-state index contributed by atoms with van der Waals surface area (Å²) in [5.41, 5.74) is 0.709. The van der Waals surface area contributed by atoms with Gasteiger partial charge in [-0.2, -0.15) is 0 Å². The molecule has 0 fully saturated rings. The Morgan fingerprint density at radius 2 is 1.82 bits per heavy atom. The molecule has 0 aliphatic carbocycles. The third kappa shape index (κ3) is 4.72. The molecular weight excluding hydrogens is 384 g/mol. The number of aryl methyl sites for hydroxylation is 2. The number of aromatic nitrogens is 1. The van der Waals surface area contributed by atoms with Gasteiger partial charge in [0.1, 0.15) is 5.69 Å². The van der Waals surface area contributed by atoms with Gasteiger partial charge in [0, 0.05) is 6.26 Å². The number of rotatable bonds is 6. The van der Waals surface area contributed by atoms with E-state index in [0.717, 1.165) is 6.26 Å². The topological polar surface area (TPSA) is 116 Å². The molecular formula is C19H22N2O6S. The Morgan fingerprint density at radius 3 is 2.36 bits per heavy atom. The van der Waals surface area contributed by atoms with E-state index >= 15 is 0 Å². The van der Waals surface area contributed by atoms with Crippen LogP contribution in [0.15, 0.2) is 24.3 Å². The zero-order valence-electron chi connectivity index (χ0n) is 16.3. The molecule has 0 aliphatic heterocycles. The van der Waals surface area contributed by atoms with Gasteiger partial charge in [-0.3, -0.25) is 15.1 Å². The summed E-state index contributed by atoms with van der Waals surface area (Å²) in [6, 6.07) is 6.41. The van der Waals surface area contributed by atoms with Crippen LogP contribution >= 0.6 is 0 Å². The molecule has 1 heterocycles. The average Bonchev–Trinajstić information content (AvgIpc) is 2.51. The Labute approximate surface area is 163 Å². The fourth-order valence-corrected chi connectivity index (χ4v) is 3.84. The van der Waals surface area contributed by atoms with Crippen molar-refractivity contribution in [1.29, 1.82) is 0 Å². The van der Waals surface area contributed by atoms with Crippen molar-refractivity contribution in [2.24, 2.45) is 0 Å². The maximum Gasteiger partial charge on any atom is 0.341 e. The van der Waals surface area contributed by atoms with E-state index in [1.165, 1.54) is 6.92 Å². The van der Waals surface area contributed by atoms with Crippen LogP contribution in [0.3, 0.4) is 0 Å². The number of carbonyl (C=O) groups is 1. The van der Waals surface area contributed by atoms with Crippen molar-refractivity contribution in [2.45, 2.75) is 39.6 Å². The van der Waals surface area contributed by atoms with Gasteiger partial charge in [-0.15, -0.1) is 0 Å². The minimum atomic E-state index is -3.41. The minimum absolute atomic E-state index is 0.0277. The molecule has 0 unspecified atom stereocenters. The van der Waals surface area contributed by atoms with Crippen molar-refractivity contribution < 1.29 is 22.9 Å². The predicted molar refractivity (Wildman–Crippen MR) is 105 cm³/mol. The standard InChI is InChI=1S/C19H22N2O6S/c1-11(2)27-19(22)16-12(3)20-13(4)18(21(23)24)17(16)15-9-7-6-8-14(15)10-28(5,25)26/h6-9,11H,10H2,1-5H3. The number of benzene rings is 1. The summed E-state index contributed by atoms with van der Waals surface area (Å²) >= 11 is 0. The molecule has 2 rings (SSSR count). The van der Waals surface area contributed by atoms with Crippen LogP contribution in [-0.2, 0) is 20.3 Å². The van der Waals surface area contributed by atoms with Crippen molar-refractivity contribution >= 4 is 21.5 Å². The lowest BCUT2D eigenvalue weighted by molar-refractivity contribution is -0.385. The number of nitrogens with zero attached hydrogens (tertiary/aromatic N) is 2. The average molecular weight is 406 g/mol. The first kappa shape index (κ1) is 21.5. The van der Waals surface area contributed by atoms with Gasteiger partial charge < -0.3 is 4.74 Å². The van der Waals surface area contributed by atoms with Gasteiger partial charge in [0.2, 0.25) is 0 Å². The van der Waals surface area contributed by atoms with Crippen LogP contribution in [0.2, 0.25) is 0 Å². The number of carbonyl (C=O) groups excluding carboxylic acids is 1. The largest absolute Gasteiger partial charge is 0.459 e. The van der Waals surface area contributed by atoms with E-state index in [-0.39, 0.29) is 34.0 Å². The lowest BCUT2D eigenvalue weighted by atomic mass is 9.93. The van der Waals surface area contributed by atoms with Gasteiger partial charge in [0.05, 0.1) is 33.6 Å². The molecule has 0 bridgehead atoms. The van der Waals surface area contributed by atoms with Crippen LogP contribution in [0.5, 0.6) is 0 Å². The Balaban J connectivity index is 2.93. The molecule has 1 aromatic carbocycles. The zero-order valence-corrected chi connectivity index (χ0v) is 17.2. The number of ether oxygens (including phenoxy) is 1. The van der Waals surface area contributed by atoms with Gasteiger partial charge in [-0.25, -0.2) is 13.2 Å². The summed E-state index contributed by atoms with van der Waals surface area (Å²) in [6.45, 7) is 6.38. The van der Waals surface area contributed by atoms with Crippen LogP contribution in [-0.4, -0.2) is 36.7 Å². The fraction of sp³-hybridized carbons (Fsp3) is 0.368. The molecule has 0 saturated carbocycles. The predicted octanol–water partition coefficient (Wildman–Crippen LogP) is 3.38. The number of hydrogen-bond donors (Lipinski definition) is 0. The fourth-order valence-electron chi connectivity index (χ4n) is 3.02. The van der Waals surface area contributed by atoms with Crippen LogP contribution in [0.25, 0.3) is 11.1 Å². The Hall–Kier alpha value is -2.81. The van der Waals surface area contributed by atoms with Crippen molar-refractivity contribution in [1.82, 2.24) is 4.98 Å². The van der Waals surface area contributed by atoms with Crippen LogP contribution in [0, 0.1) is 24.0 Å². The van der Waals surface area contributed by atoms with Crippen molar-refractivity contribution in [3.63, 3.8) is 0 Å². The number of sulfone groups is 1. The molecule has 0 spiro atoms. The monoisotopic (exact) mass is 406 g/mol. The van der Waals surface area contributed by atoms with Crippen LogP contribution in [0.4, 0.5) is 5.69 Å². The van der Waals surface area contributed by atoms with Gasteiger partial charge in [0.15, 0.2) is 9.84 Å². The highest BCUT2D eigenvalue weighted by molar-refractivity contribution is 7.89. The minimum Gasteiger partial charge on any atom is -0.459 e. The van der Waals surface area contributed by atoms with Gasteiger partial charge in [-0.1, -0.05) is 24.3 Å². The molecule has 2 aromatic rings. The SMILES string of the molecule is Cc1nc(C)c([N+](=O)[O-])c(-c2ccccc2CS(C)(=O)=O)c1C(=O)OC(C)C. The zero-order chi connectivity index (χ0) is 21.2. The number of esters is 1. The molecule has 0 atom stereocenters. The van der Waals surface area contributed by atoms with Gasteiger partial charge in [-0.05, 0) is 38.8 Å². The van der Waals surface area contributed by atoms with E-state index in [1.807, 2.05) is 0 Å². The Morgan fingerprint density at radius 1 is 1.21 bits per heavy atom. The number of nitro groups is 1. The highest BCUT2D eigenvalue weighted by Gasteiger charge is 2.31. The van der Waals surface area contributed by atoms with Crippen molar-refractivity contribution in [3.8, 4) is 11.1 Å². The van der Waals surface area contributed by atoms with Gasteiger partial charge in [0.25, 0.3) is 5.69 Å². The normalized spacial score (nSPS) is 11.5. The molecule has 150 valence electrons. The summed E-state index contributed by atoms with van der Waals surface area (Å²) in [5, 5.41) is 11.8. The van der Waals surface area contributed by atoms with E-state index < -0.39 is 26.8 Å². The first-order valence-electron chi connectivity index (χ1n) is 8.55. The molecule has 0 N–H and O–H groups in total. The molecule has 8 nitrogen and oxygen atoms in total. The van der Waals surface area contributed by atoms with E-state index in [2.05, 4.69) is 4.98 Å². The maximum atomic E-state index is 12.7. The van der Waals surface area contributed by atoms with E-state index in [9.17, 15) is 23.3 Å². The van der Waals surface area contributed by atoms with Crippen molar-refractivity contribution in [2.75, 3.05) is 6.26 Å². The molecule has 0 saturated heterocycles. The van der Waals surface area contributed by atoms with E-state index in [4.69, 9.17) is 4.74 Å². The van der Waals surface area contributed by atoms with Crippen LogP contribution < -0.4 is 0 Å². The summed E-state index contributed by atoms with van der Waals surface area (Å²) in [5.74, 6) is -1.06. The van der Waals surface area contributed by atoms with E-state index in [0.29, 0.717) is 11.1 Å². The number of hydrogen-bond acceptors (Lipinski definition) is 7. The molecule has 0 amide bonds. The third-order valence-corrected chi connectivity index (χ3v) is 4.80. The Kier molecular flexibility index (Phi) is 6.18.